The molecule has 24 heavy (non-hydrogen) atoms. The Morgan fingerprint density at radius 2 is 1.92 bits per heavy atom. The zero-order valence-corrected chi connectivity index (χ0v) is 13.4. The minimum absolute atomic E-state index is 0.0741. The van der Waals surface area contributed by atoms with E-state index in [2.05, 4.69) is 9.97 Å². The Bertz CT molecular complexity index is 895. The molecule has 1 fully saturated rings. The summed E-state index contributed by atoms with van der Waals surface area (Å²) >= 11 is 0. The van der Waals surface area contributed by atoms with Gasteiger partial charge in [-0.25, -0.2) is 9.97 Å². The van der Waals surface area contributed by atoms with Gasteiger partial charge in [0.1, 0.15) is 11.5 Å². The molecule has 0 aliphatic carbocycles. The summed E-state index contributed by atoms with van der Waals surface area (Å²) in [5.41, 5.74) is 8.11. The third-order valence-corrected chi connectivity index (χ3v) is 4.46. The van der Waals surface area contributed by atoms with Crippen molar-refractivity contribution in [1.82, 2.24) is 19.4 Å². The summed E-state index contributed by atoms with van der Waals surface area (Å²) in [6.07, 6.45) is 8.65. The molecule has 2 N–H and O–H groups in total. The molecule has 0 aromatic carbocycles. The van der Waals surface area contributed by atoms with Crippen LogP contribution in [-0.4, -0.2) is 38.4 Å². The summed E-state index contributed by atoms with van der Waals surface area (Å²) in [5, 5.41) is 0.938. The molecular formula is C18H19N5O. The molecule has 0 bridgehead atoms. The predicted molar refractivity (Wildman–Crippen MR) is 93.0 cm³/mol. The molecule has 122 valence electrons. The number of likely N-dealkylation sites (tertiary alicyclic amines) is 1. The van der Waals surface area contributed by atoms with Gasteiger partial charge in [-0.3, -0.25) is 4.79 Å². The first kappa shape index (κ1) is 14.7. The molecule has 1 amide bonds. The lowest BCUT2D eigenvalue weighted by atomic mass is 10.1. The summed E-state index contributed by atoms with van der Waals surface area (Å²) in [5.74, 6) is 0.538. The van der Waals surface area contributed by atoms with E-state index in [9.17, 15) is 4.79 Å². The zero-order chi connectivity index (χ0) is 16.5. The van der Waals surface area contributed by atoms with Gasteiger partial charge in [-0.2, -0.15) is 0 Å². The van der Waals surface area contributed by atoms with Crippen LogP contribution in [0, 0.1) is 0 Å². The fourth-order valence-electron chi connectivity index (χ4n) is 3.22. The molecule has 0 saturated carbocycles. The molecule has 6 nitrogen and oxygen atoms in total. The first-order chi connectivity index (χ1) is 11.7. The number of aromatic nitrogens is 3. The lowest BCUT2D eigenvalue weighted by Crippen LogP contribution is -2.35. The van der Waals surface area contributed by atoms with Crippen molar-refractivity contribution in [3.8, 4) is 5.69 Å². The highest BCUT2D eigenvalue weighted by Crippen LogP contribution is 2.21. The maximum atomic E-state index is 12.6. The molecular weight excluding hydrogens is 302 g/mol. The number of fused-ring (bicyclic) bond motifs is 1. The van der Waals surface area contributed by atoms with Crippen molar-refractivity contribution in [2.24, 2.45) is 0 Å². The average molecular weight is 321 g/mol. The summed E-state index contributed by atoms with van der Waals surface area (Å²) in [4.78, 5) is 23.1. The quantitative estimate of drug-likeness (QED) is 0.787. The Balaban J connectivity index is 1.69. The van der Waals surface area contributed by atoms with Crippen LogP contribution in [0.25, 0.3) is 16.7 Å². The highest BCUT2D eigenvalue weighted by Gasteiger charge is 2.19. The topological polar surface area (TPSA) is 77.0 Å². The SMILES string of the molecule is Nc1cc(-n2ccc3cc(C(=O)N4CCCCC4)cnc32)ccn1. The number of rotatable bonds is 2. The Hall–Kier alpha value is -2.89. The third kappa shape index (κ3) is 2.60. The number of pyridine rings is 2. The van der Waals surface area contributed by atoms with E-state index in [1.54, 1.807) is 18.5 Å². The summed E-state index contributed by atoms with van der Waals surface area (Å²) < 4.78 is 1.95. The van der Waals surface area contributed by atoms with Gasteiger partial charge in [0.05, 0.1) is 11.3 Å². The minimum Gasteiger partial charge on any atom is -0.384 e. The highest BCUT2D eigenvalue weighted by molar-refractivity contribution is 5.97. The molecule has 1 saturated heterocycles. The normalized spacial score (nSPS) is 14.9. The van der Waals surface area contributed by atoms with Gasteiger partial charge in [0, 0.05) is 43.1 Å². The van der Waals surface area contributed by atoms with Gasteiger partial charge in [-0.1, -0.05) is 0 Å². The fraction of sp³-hybridized carbons (Fsp3) is 0.278. The van der Waals surface area contributed by atoms with Gasteiger partial charge in [-0.15, -0.1) is 0 Å². The van der Waals surface area contributed by atoms with Crippen LogP contribution in [0.1, 0.15) is 29.6 Å². The highest BCUT2D eigenvalue weighted by atomic mass is 16.2. The maximum Gasteiger partial charge on any atom is 0.255 e. The number of nitrogen functional groups attached to an aromatic ring is 1. The number of hydrogen-bond acceptors (Lipinski definition) is 4. The molecule has 3 aromatic heterocycles. The Labute approximate surface area is 139 Å². The lowest BCUT2D eigenvalue weighted by molar-refractivity contribution is 0.0724. The van der Waals surface area contributed by atoms with E-state index in [4.69, 9.17) is 5.73 Å². The second-order valence-corrected chi connectivity index (χ2v) is 6.11. The van der Waals surface area contributed by atoms with Crippen LogP contribution in [0.4, 0.5) is 5.82 Å². The number of nitrogens with two attached hydrogens (primary N) is 1. The van der Waals surface area contributed by atoms with Gasteiger partial charge in [0.2, 0.25) is 0 Å². The average Bonchev–Trinajstić information content (AvgIpc) is 3.05. The van der Waals surface area contributed by atoms with Crippen LogP contribution in [0.3, 0.4) is 0 Å². The second-order valence-electron chi connectivity index (χ2n) is 6.11. The van der Waals surface area contributed by atoms with Crippen molar-refractivity contribution in [2.75, 3.05) is 18.8 Å². The first-order valence-electron chi connectivity index (χ1n) is 8.21. The van der Waals surface area contributed by atoms with Crippen molar-refractivity contribution >= 4 is 22.8 Å². The molecule has 4 heterocycles. The van der Waals surface area contributed by atoms with Crippen molar-refractivity contribution in [3.63, 3.8) is 0 Å². The van der Waals surface area contributed by atoms with Crippen LogP contribution in [0.15, 0.2) is 42.9 Å². The van der Waals surface area contributed by atoms with Gasteiger partial charge in [0.25, 0.3) is 5.91 Å². The molecule has 0 spiro atoms. The number of piperidine rings is 1. The van der Waals surface area contributed by atoms with Crippen LogP contribution >= 0.6 is 0 Å². The molecule has 1 aliphatic rings. The van der Waals surface area contributed by atoms with E-state index in [0.717, 1.165) is 42.7 Å². The summed E-state index contributed by atoms with van der Waals surface area (Å²) in [7, 11) is 0. The summed E-state index contributed by atoms with van der Waals surface area (Å²) in [6, 6.07) is 7.56. The molecule has 0 radical (unpaired) electrons. The fourth-order valence-corrected chi connectivity index (χ4v) is 3.22. The number of anilines is 1. The van der Waals surface area contributed by atoms with E-state index >= 15 is 0 Å². The monoisotopic (exact) mass is 321 g/mol. The van der Waals surface area contributed by atoms with Crippen LogP contribution < -0.4 is 5.73 Å². The van der Waals surface area contributed by atoms with Gasteiger partial charge in [0.15, 0.2) is 0 Å². The standard InChI is InChI=1S/C18H19N5O/c19-16-11-15(4-6-20-16)23-9-5-13-10-14(12-21-17(13)23)18(24)22-7-2-1-3-8-22/h4-6,9-12H,1-3,7-8H2,(H2,19,20). The van der Waals surface area contributed by atoms with Gasteiger partial charge in [-0.05, 0) is 37.5 Å². The number of amides is 1. The number of hydrogen-bond donors (Lipinski definition) is 1. The molecule has 3 aromatic rings. The predicted octanol–water partition coefficient (Wildman–Crippen LogP) is 2.63. The number of carbonyl (C=O) groups is 1. The van der Waals surface area contributed by atoms with Crippen molar-refractivity contribution < 1.29 is 4.79 Å². The van der Waals surface area contributed by atoms with E-state index in [1.165, 1.54) is 6.42 Å². The van der Waals surface area contributed by atoms with E-state index < -0.39 is 0 Å². The lowest BCUT2D eigenvalue weighted by Gasteiger charge is -2.26. The van der Waals surface area contributed by atoms with Crippen molar-refractivity contribution in [3.05, 3.63) is 48.4 Å². The number of carbonyl (C=O) groups excluding carboxylic acids is 1. The van der Waals surface area contributed by atoms with Crippen LogP contribution in [-0.2, 0) is 0 Å². The van der Waals surface area contributed by atoms with E-state index in [0.29, 0.717) is 11.4 Å². The van der Waals surface area contributed by atoms with Gasteiger partial charge >= 0.3 is 0 Å². The Morgan fingerprint density at radius 1 is 1.08 bits per heavy atom. The van der Waals surface area contributed by atoms with E-state index in [-0.39, 0.29) is 5.91 Å². The zero-order valence-electron chi connectivity index (χ0n) is 13.4. The molecule has 4 rings (SSSR count). The van der Waals surface area contributed by atoms with Crippen LogP contribution in [0.5, 0.6) is 0 Å². The number of nitrogens with zero attached hydrogens (tertiary/aromatic N) is 4. The van der Waals surface area contributed by atoms with Crippen molar-refractivity contribution in [1.29, 1.82) is 0 Å². The summed E-state index contributed by atoms with van der Waals surface area (Å²) in [6.45, 7) is 1.68. The van der Waals surface area contributed by atoms with E-state index in [1.807, 2.05) is 33.9 Å². The second kappa shape index (κ2) is 5.96. The first-order valence-corrected chi connectivity index (χ1v) is 8.21. The largest absolute Gasteiger partial charge is 0.384 e. The molecule has 0 unspecified atom stereocenters. The third-order valence-electron chi connectivity index (χ3n) is 4.46. The van der Waals surface area contributed by atoms with Crippen LogP contribution in [0.2, 0.25) is 0 Å². The molecule has 0 atom stereocenters. The minimum atomic E-state index is 0.0741. The maximum absolute atomic E-state index is 12.6. The Morgan fingerprint density at radius 3 is 2.71 bits per heavy atom. The smallest absolute Gasteiger partial charge is 0.255 e. The van der Waals surface area contributed by atoms with Crippen molar-refractivity contribution in [2.45, 2.75) is 19.3 Å². The van der Waals surface area contributed by atoms with Gasteiger partial charge < -0.3 is 15.2 Å². The molecule has 6 heteroatoms. The molecule has 1 aliphatic heterocycles. The Kier molecular flexibility index (Phi) is 3.65.